The van der Waals surface area contributed by atoms with E-state index in [1.807, 2.05) is 0 Å². The minimum absolute atomic E-state index is 0.235. The normalized spacial score (nSPS) is 32.2. The first-order valence-electron chi connectivity index (χ1n) is 5.65. The Morgan fingerprint density at radius 3 is 2.80 bits per heavy atom. The molecule has 2 bridgehead atoms. The van der Waals surface area contributed by atoms with Crippen LogP contribution < -0.4 is 0 Å². The molecule has 3 heteroatoms. The van der Waals surface area contributed by atoms with Gasteiger partial charge in [-0.1, -0.05) is 12.2 Å². The molecule has 2 rings (SSSR count). The Balaban J connectivity index is 1.55. The molecule has 0 heterocycles. The molecule has 0 aliphatic heterocycles. The number of ether oxygens (including phenoxy) is 2. The predicted octanol–water partition coefficient (Wildman–Crippen LogP) is 1.78. The highest BCUT2D eigenvalue weighted by Gasteiger charge is 2.35. The number of hydrogen-bond donors (Lipinski definition) is 0. The van der Waals surface area contributed by atoms with E-state index in [0.29, 0.717) is 19.1 Å². The lowest BCUT2D eigenvalue weighted by Crippen LogP contribution is -2.17. The Bertz CT molecular complexity index is 260. The summed E-state index contributed by atoms with van der Waals surface area (Å²) in [5.41, 5.74) is 0. The van der Waals surface area contributed by atoms with Gasteiger partial charge in [0, 0.05) is 6.92 Å². The molecule has 0 N–H and O–H groups in total. The topological polar surface area (TPSA) is 35.5 Å². The van der Waals surface area contributed by atoms with Crippen LogP contribution in [0.5, 0.6) is 0 Å². The molecule has 3 atom stereocenters. The van der Waals surface area contributed by atoms with Gasteiger partial charge < -0.3 is 9.47 Å². The summed E-state index contributed by atoms with van der Waals surface area (Å²) in [5, 5.41) is 0. The number of esters is 1. The third-order valence-electron chi connectivity index (χ3n) is 3.28. The fourth-order valence-electron chi connectivity index (χ4n) is 2.57. The van der Waals surface area contributed by atoms with Gasteiger partial charge in [0.2, 0.25) is 0 Å². The maximum atomic E-state index is 10.5. The first-order chi connectivity index (χ1) is 7.25. The Hall–Kier alpha value is -0.830. The molecule has 2 aliphatic rings. The van der Waals surface area contributed by atoms with E-state index in [-0.39, 0.29) is 5.97 Å². The zero-order valence-electron chi connectivity index (χ0n) is 9.15. The number of carbonyl (C=O) groups is 1. The largest absolute Gasteiger partial charge is 0.463 e. The Morgan fingerprint density at radius 2 is 2.20 bits per heavy atom. The van der Waals surface area contributed by atoms with Crippen molar-refractivity contribution in [3.8, 4) is 0 Å². The Kier molecular flexibility index (Phi) is 3.41. The smallest absolute Gasteiger partial charge is 0.302 e. The highest BCUT2D eigenvalue weighted by atomic mass is 16.6. The lowest BCUT2D eigenvalue weighted by molar-refractivity contribution is -0.142. The molecule has 0 saturated heterocycles. The summed E-state index contributed by atoms with van der Waals surface area (Å²) < 4.78 is 10.3. The van der Waals surface area contributed by atoms with Gasteiger partial charge in [-0.15, -0.1) is 0 Å². The van der Waals surface area contributed by atoms with Crippen LogP contribution in [-0.4, -0.2) is 25.8 Å². The molecular formula is C12H18O3. The van der Waals surface area contributed by atoms with Crippen LogP contribution in [0.2, 0.25) is 0 Å². The van der Waals surface area contributed by atoms with E-state index in [0.717, 1.165) is 18.4 Å². The van der Waals surface area contributed by atoms with Gasteiger partial charge in [0.1, 0.15) is 6.61 Å². The predicted molar refractivity (Wildman–Crippen MR) is 56.3 cm³/mol. The van der Waals surface area contributed by atoms with E-state index in [2.05, 4.69) is 12.2 Å². The second-order valence-corrected chi connectivity index (χ2v) is 4.46. The van der Waals surface area contributed by atoms with Crippen molar-refractivity contribution in [2.75, 3.05) is 19.8 Å². The zero-order chi connectivity index (χ0) is 10.7. The van der Waals surface area contributed by atoms with Crippen molar-refractivity contribution < 1.29 is 14.3 Å². The van der Waals surface area contributed by atoms with Crippen LogP contribution in [0.1, 0.15) is 19.8 Å². The quantitative estimate of drug-likeness (QED) is 0.394. The van der Waals surface area contributed by atoms with Gasteiger partial charge in [0.05, 0.1) is 13.2 Å². The van der Waals surface area contributed by atoms with E-state index >= 15 is 0 Å². The monoisotopic (exact) mass is 210 g/mol. The second kappa shape index (κ2) is 4.79. The molecule has 3 unspecified atom stereocenters. The van der Waals surface area contributed by atoms with Crippen LogP contribution >= 0.6 is 0 Å². The molecule has 0 aromatic rings. The summed E-state index contributed by atoms with van der Waals surface area (Å²) in [7, 11) is 0. The summed E-state index contributed by atoms with van der Waals surface area (Å²) in [6.07, 6.45) is 7.25. The molecule has 0 amide bonds. The number of allylic oxidation sites excluding steroid dienone is 2. The van der Waals surface area contributed by atoms with Gasteiger partial charge in [-0.2, -0.15) is 0 Å². The molecule has 2 aliphatic carbocycles. The van der Waals surface area contributed by atoms with Crippen molar-refractivity contribution in [3.63, 3.8) is 0 Å². The van der Waals surface area contributed by atoms with Crippen molar-refractivity contribution in [1.29, 1.82) is 0 Å². The van der Waals surface area contributed by atoms with Crippen LogP contribution in [0, 0.1) is 17.8 Å². The second-order valence-electron chi connectivity index (χ2n) is 4.46. The highest BCUT2D eigenvalue weighted by molar-refractivity contribution is 5.65. The zero-order valence-corrected chi connectivity index (χ0v) is 9.15. The summed E-state index contributed by atoms with van der Waals surface area (Å²) in [4.78, 5) is 10.5. The van der Waals surface area contributed by atoms with E-state index < -0.39 is 0 Å². The molecule has 0 aromatic heterocycles. The Morgan fingerprint density at radius 1 is 1.33 bits per heavy atom. The molecule has 1 saturated carbocycles. The van der Waals surface area contributed by atoms with Crippen molar-refractivity contribution in [1.82, 2.24) is 0 Å². The molecule has 84 valence electrons. The fraction of sp³-hybridized carbons (Fsp3) is 0.750. The SMILES string of the molecule is CC(=O)OCCOCC1CC2C=CC1C2. The number of carbonyl (C=O) groups excluding carboxylic acids is 1. The number of fused-ring (bicyclic) bond motifs is 2. The van der Waals surface area contributed by atoms with Gasteiger partial charge in [-0.3, -0.25) is 4.79 Å². The van der Waals surface area contributed by atoms with Gasteiger partial charge in [0.25, 0.3) is 0 Å². The number of rotatable bonds is 5. The molecular weight excluding hydrogens is 192 g/mol. The van der Waals surface area contributed by atoms with Crippen LogP contribution in [0.25, 0.3) is 0 Å². The first-order valence-corrected chi connectivity index (χ1v) is 5.65. The average Bonchev–Trinajstić information content (AvgIpc) is 2.78. The molecule has 1 fully saturated rings. The minimum atomic E-state index is -0.235. The van der Waals surface area contributed by atoms with Gasteiger partial charge in [-0.25, -0.2) is 0 Å². The van der Waals surface area contributed by atoms with Gasteiger partial charge in [-0.05, 0) is 30.6 Å². The highest BCUT2D eigenvalue weighted by Crippen LogP contribution is 2.43. The van der Waals surface area contributed by atoms with Crippen molar-refractivity contribution in [2.45, 2.75) is 19.8 Å². The van der Waals surface area contributed by atoms with E-state index in [1.54, 1.807) is 0 Å². The van der Waals surface area contributed by atoms with Crippen molar-refractivity contribution in [2.24, 2.45) is 17.8 Å². The summed E-state index contributed by atoms with van der Waals surface area (Å²) in [5.74, 6) is 2.00. The van der Waals surface area contributed by atoms with Crippen LogP contribution in [0.3, 0.4) is 0 Å². The van der Waals surface area contributed by atoms with Gasteiger partial charge >= 0.3 is 5.97 Å². The van der Waals surface area contributed by atoms with Gasteiger partial charge in [0.15, 0.2) is 0 Å². The standard InChI is InChI=1S/C12H18O3/c1-9(13)15-5-4-14-8-12-7-10-2-3-11(12)6-10/h2-3,10-12H,4-8H2,1H3. The first kappa shape index (κ1) is 10.7. The molecule has 0 aromatic carbocycles. The average molecular weight is 210 g/mol. The van der Waals surface area contributed by atoms with E-state index in [9.17, 15) is 4.79 Å². The molecule has 0 radical (unpaired) electrons. The lowest BCUT2D eigenvalue weighted by atomic mass is 9.95. The van der Waals surface area contributed by atoms with Crippen molar-refractivity contribution >= 4 is 5.97 Å². The molecule has 0 spiro atoms. The van der Waals surface area contributed by atoms with E-state index in [4.69, 9.17) is 9.47 Å². The van der Waals surface area contributed by atoms with E-state index in [1.165, 1.54) is 19.8 Å². The molecule has 3 nitrogen and oxygen atoms in total. The Labute approximate surface area is 90.4 Å². The summed E-state index contributed by atoms with van der Waals surface area (Å²) in [6.45, 7) is 3.14. The maximum absolute atomic E-state index is 10.5. The van der Waals surface area contributed by atoms with Crippen LogP contribution in [0.15, 0.2) is 12.2 Å². The van der Waals surface area contributed by atoms with Crippen molar-refractivity contribution in [3.05, 3.63) is 12.2 Å². The lowest BCUT2D eigenvalue weighted by Gasteiger charge is -2.17. The summed E-state index contributed by atoms with van der Waals surface area (Å²) >= 11 is 0. The maximum Gasteiger partial charge on any atom is 0.302 e. The minimum Gasteiger partial charge on any atom is -0.463 e. The summed E-state index contributed by atoms with van der Waals surface area (Å²) in [6, 6.07) is 0. The third-order valence-corrected chi connectivity index (χ3v) is 3.28. The van der Waals surface area contributed by atoms with Crippen LogP contribution in [-0.2, 0) is 14.3 Å². The third kappa shape index (κ3) is 2.81. The van der Waals surface area contributed by atoms with Crippen LogP contribution in [0.4, 0.5) is 0 Å². The fourth-order valence-corrected chi connectivity index (χ4v) is 2.57. The molecule has 15 heavy (non-hydrogen) atoms. The number of hydrogen-bond acceptors (Lipinski definition) is 3.